The highest BCUT2D eigenvalue weighted by Gasteiger charge is 2.26. The van der Waals surface area contributed by atoms with Crippen molar-refractivity contribution < 1.29 is 29.0 Å². The van der Waals surface area contributed by atoms with Crippen LogP contribution < -0.4 is 15.5 Å². The Morgan fingerprint density at radius 2 is 1.82 bits per heavy atom. The topological polar surface area (TPSA) is 141 Å². The van der Waals surface area contributed by atoms with Gasteiger partial charge in [-0.15, -0.1) is 0 Å². The number of rotatable bonds is 8. The summed E-state index contributed by atoms with van der Waals surface area (Å²) in [6, 6.07) is 7.59. The number of amides is 3. The SMILES string of the molecule is COC(=O)N1CCN(c2ccc(C(=O)NC(CC(=O)O)c3cccnc3)cc2NC(=O)CC(C)(C)C)CC1. The second-order valence-corrected chi connectivity index (χ2v) is 10.4. The van der Waals surface area contributed by atoms with Gasteiger partial charge < -0.3 is 30.3 Å². The first-order chi connectivity index (χ1) is 18.0. The summed E-state index contributed by atoms with van der Waals surface area (Å²) in [5.41, 5.74) is 1.80. The molecule has 0 spiro atoms. The van der Waals surface area contributed by atoms with Crippen LogP contribution in [0.3, 0.4) is 0 Å². The second kappa shape index (κ2) is 12.4. The van der Waals surface area contributed by atoms with E-state index >= 15 is 0 Å². The van der Waals surface area contributed by atoms with E-state index in [1.807, 2.05) is 25.7 Å². The smallest absolute Gasteiger partial charge is 0.409 e. The average Bonchev–Trinajstić information content (AvgIpc) is 2.87. The summed E-state index contributed by atoms with van der Waals surface area (Å²) in [7, 11) is 1.34. The molecule has 204 valence electrons. The van der Waals surface area contributed by atoms with Crippen LogP contribution in [-0.4, -0.2) is 72.2 Å². The zero-order valence-electron chi connectivity index (χ0n) is 22.2. The molecular formula is C27H35N5O6. The van der Waals surface area contributed by atoms with Crippen LogP contribution in [0, 0.1) is 5.41 Å². The van der Waals surface area contributed by atoms with Gasteiger partial charge in [-0.3, -0.25) is 19.4 Å². The Hall–Kier alpha value is -4.15. The van der Waals surface area contributed by atoms with E-state index in [-0.39, 0.29) is 35.8 Å². The van der Waals surface area contributed by atoms with Crippen LogP contribution >= 0.6 is 0 Å². The van der Waals surface area contributed by atoms with Crippen LogP contribution in [0.25, 0.3) is 0 Å². The van der Waals surface area contributed by atoms with E-state index in [2.05, 4.69) is 15.6 Å². The van der Waals surface area contributed by atoms with Crippen molar-refractivity contribution in [1.82, 2.24) is 15.2 Å². The van der Waals surface area contributed by atoms with Gasteiger partial charge in [0.25, 0.3) is 5.91 Å². The summed E-state index contributed by atoms with van der Waals surface area (Å²) in [5, 5.41) is 15.1. The first kappa shape index (κ1) is 28.4. The van der Waals surface area contributed by atoms with Gasteiger partial charge in [-0.2, -0.15) is 0 Å². The highest BCUT2D eigenvalue weighted by molar-refractivity contribution is 6.00. The Bertz CT molecular complexity index is 1160. The van der Waals surface area contributed by atoms with Crippen LogP contribution in [0.2, 0.25) is 0 Å². The van der Waals surface area contributed by atoms with Crippen LogP contribution in [0.15, 0.2) is 42.7 Å². The zero-order valence-corrected chi connectivity index (χ0v) is 22.2. The summed E-state index contributed by atoms with van der Waals surface area (Å²) in [4.78, 5) is 57.0. The largest absolute Gasteiger partial charge is 0.481 e. The van der Waals surface area contributed by atoms with Gasteiger partial charge in [0.1, 0.15) is 0 Å². The number of carboxylic acids is 1. The highest BCUT2D eigenvalue weighted by atomic mass is 16.5. The minimum atomic E-state index is -1.06. The minimum absolute atomic E-state index is 0.191. The van der Waals surface area contributed by atoms with Crippen molar-refractivity contribution in [2.24, 2.45) is 5.41 Å². The fraction of sp³-hybridized carbons (Fsp3) is 0.444. The van der Waals surface area contributed by atoms with Crippen molar-refractivity contribution in [1.29, 1.82) is 0 Å². The molecule has 0 saturated carbocycles. The molecule has 2 aromatic rings. The molecule has 3 amide bonds. The fourth-order valence-electron chi connectivity index (χ4n) is 4.24. The lowest BCUT2D eigenvalue weighted by atomic mass is 9.92. The molecule has 1 atom stereocenters. The number of carboxylic acid groups (broad SMARTS) is 1. The molecule has 38 heavy (non-hydrogen) atoms. The number of carbonyl (C=O) groups excluding carboxylic acids is 3. The number of carbonyl (C=O) groups is 4. The maximum atomic E-state index is 13.2. The Balaban J connectivity index is 1.86. The monoisotopic (exact) mass is 525 g/mol. The van der Waals surface area contributed by atoms with Crippen molar-refractivity contribution in [3.63, 3.8) is 0 Å². The van der Waals surface area contributed by atoms with Crippen molar-refractivity contribution in [2.75, 3.05) is 43.5 Å². The van der Waals surface area contributed by atoms with Gasteiger partial charge in [0, 0.05) is 50.6 Å². The van der Waals surface area contributed by atoms with Crippen molar-refractivity contribution in [3.8, 4) is 0 Å². The number of ether oxygens (including phenoxy) is 1. The van der Waals surface area contributed by atoms with Crippen LogP contribution in [0.1, 0.15) is 55.6 Å². The Morgan fingerprint density at radius 3 is 2.39 bits per heavy atom. The molecule has 1 unspecified atom stereocenters. The van der Waals surface area contributed by atoms with E-state index in [1.165, 1.54) is 13.3 Å². The molecule has 0 radical (unpaired) electrons. The average molecular weight is 526 g/mol. The molecule has 3 rings (SSSR count). The molecule has 1 aliphatic rings. The number of methoxy groups -OCH3 is 1. The molecule has 0 bridgehead atoms. The predicted molar refractivity (Wildman–Crippen MR) is 142 cm³/mol. The summed E-state index contributed by atoms with van der Waals surface area (Å²) >= 11 is 0. The highest BCUT2D eigenvalue weighted by Crippen LogP contribution is 2.30. The standard InChI is InChI=1S/C27H35N5O6/c1-27(2,3)16-23(33)29-21-14-18(7-8-22(21)31-10-12-32(13-11-31)26(37)38-4)25(36)30-20(15-24(34)35)19-6-5-9-28-17-19/h5-9,14,17,20H,10-13,15-16H2,1-4H3,(H,29,33)(H,30,36)(H,34,35). The second-order valence-electron chi connectivity index (χ2n) is 10.4. The maximum absolute atomic E-state index is 13.2. The van der Waals surface area contributed by atoms with E-state index in [0.29, 0.717) is 37.4 Å². The molecule has 0 aliphatic carbocycles. The van der Waals surface area contributed by atoms with E-state index in [0.717, 1.165) is 5.69 Å². The molecule has 1 aromatic carbocycles. The number of anilines is 2. The molecular weight excluding hydrogens is 490 g/mol. The lowest BCUT2D eigenvalue weighted by molar-refractivity contribution is -0.137. The van der Waals surface area contributed by atoms with E-state index in [4.69, 9.17) is 4.74 Å². The number of nitrogens with one attached hydrogen (secondary N) is 2. The van der Waals surface area contributed by atoms with E-state index in [1.54, 1.807) is 41.4 Å². The van der Waals surface area contributed by atoms with Gasteiger partial charge in [0.2, 0.25) is 5.91 Å². The van der Waals surface area contributed by atoms with E-state index < -0.39 is 17.9 Å². The number of benzene rings is 1. The summed E-state index contributed by atoms with van der Waals surface area (Å²) in [5.74, 6) is -1.73. The van der Waals surface area contributed by atoms with Gasteiger partial charge in [0.15, 0.2) is 0 Å². The number of piperazine rings is 1. The number of hydrogen-bond donors (Lipinski definition) is 3. The first-order valence-electron chi connectivity index (χ1n) is 12.4. The molecule has 1 aromatic heterocycles. The van der Waals surface area contributed by atoms with Gasteiger partial charge in [-0.05, 0) is 35.2 Å². The van der Waals surface area contributed by atoms with Crippen molar-refractivity contribution >= 4 is 35.3 Å². The predicted octanol–water partition coefficient (Wildman–Crippen LogP) is 3.29. The minimum Gasteiger partial charge on any atom is -0.481 e. The van der Waals surface area contributed by atoms with E-state index in [9.17, 15) is 24.3 Å². The first-order valence-corrected chi connectivity index (χ1v) is 12.4. The van der Waals surface area contributed by atoms with Gasteiger partial charge in [0.05, 0.1) is 30.9 Å². The van der Waals surface area contributed by atoms with Crippen LogP contribution in [0.5, 0.6) is 0 Å². The van der Waals surface area contributed by atoms with Gasteiger partial charge >= 0.3 is 12.1 Å². The van der Waals surface area contributed by atoms with Gasteiger partial charge in [-0.25, -0.2) is 4.79 Å². The summed E-state index contributed by atoms with van der Waals surface area (Å²) in [6.07, 6.45) is 2.66. The lowest BCUT2D eigenvalue weighted by Crippen LogP contribution is -2.49. The molecule has 2 heterocycles. The number of nitrogens with zero attached hydrogens (tertiary/aromatic N) is 3. The molecule has 1 fully saturated rings. The van der Waals surface area contributed by atoms with Gasteiger partial charge in [-0.1, -0.05) is 26.8 Å². The Labute approximate surface area is 222 Å². The number of hydrogen-bond acceptors (Lipinski definition) is 7. The van der Waals surface area contributed by atoms with Crippen LogP contribution in [0.4, 0.5) is 16.2 Å². The molecule has 3 N–H and O–H groups in total. The third kappa shape index (κ3) is 7.92. The molecule has 11 heteroatoms. The summed E-state index contributed by atoms with van der Waals surface area (Å²) in [6.45, 7) is 7.83. The fourth-order valence-corrected chi connectivity index (χ4v) is 4.24. The maximum Gasteiger partial charge on any atom is 0.409 e. The molecule has 1 aliphatic heterocycles. The third-order valence-corrected chi connectivity index (χ3v) is 6.05. The number of pyridine rings is 1. The normalized spacial score (nSPS) is 14.4. The Morgan fingerprint density at radius 1 is 1.11 bits per heavy atom. The number of aliphatic carboxylic acids is 1. The molecule has 11 nitrogen and oxygen atoms in total. The quantitative estimate of drug-likeness (QED) is 0.477. The lowest BCUT2D eigenvalue weighted by Gasteiger charge is -2.36. The van der Waals surface area contributed by atoms with Crippen molar-refractivity contribution in [3.05, 3.63) is 53.9 Å². The van der Waals surface area contributed by atoms with Crippen molar-refractivity contribution in [2.45, 2.75) is 39.7 Å². The zero-order chi connectivity index (χ0) is 27.9. The molecule has 1 saturated heterocycles. The third-order valence-electron chi connectivity index (χ3n) is 6.05. The Kier molecular flexibility index (Phi) is 9.27. The number of aromatic nitrogens is 1. The van der Waals surface area contributed by atoms with Crippen LogP contribution in [-0.2, 0) is 14.3 Å². The summed E-state index contributed by atoms with van der Waals surface area (Å²) < 4.78 is 4.81.